The molecule has 1 N–H and O–H groups in total. The Kier molecular flexibility index (Phi) is 6.04. The molecule has 154 valence electrons. The standard InChI is InChI=1S/C21H24N2O5S/c1-14-9-10-16(13-19(14)29(26,27)23-11-4-5-12-23)20(24)22-18-8-6-7-17(15(18)2)21(25)28-3/h6-10,13H,4-5,11-12H2,1-3H3,(H,22,24). The number of hydrogen-bond acceptors (Lipinski definition) is 5. The van der Waals surface area contributed by atoms with Crippen molar-refractivity contribution in [1.29, 1.82) is 0 Å². The molecule has 1 aliphatic rings. The fourth-order valence-corrected chi connectivity index (χ4v) is 5.15. The fraction of sp³-hybridized carbons (Fsp3) is 0.333. The molecular weight excluding hydrogens is 392 g/mol. The Bertz CT molecular complexity index is 1060. The Balaban J connectivity index is 1.91. The number of aryl methyl sites for hydroxylation is 1. The highest BCUT2D eigenvalue weighted by molar-refractivity contribution is 7.89. The lowest BCUT2D eigenvalue weighted by Gasteiger charge is -2.18. The summed E-state index contributed by atoms with van der Waals surface area (Å²) in [5, 5.41) is 2.76. The van der Waals surface area contributed by atoms with Crippen molar-refractivity contribution < 1.29 is 22.7 Å². The van der Waals surface area contributed by atoms with Gasteiger partial charge in [0.15, 0.2) is 0 Å². The van der Waals surface area contributed by atoms with E-state index in [2.05, 4.69) is 5.32 Å². The van der Waals surface area contributed by atoms with Gasteiger partial charge in [-0.15, -0.1) is 0 Å². The van der Waals surface area contributed by atoms with Gasteiger partial charge in [0.05, 0.1) is 17.6 Å². The zero-order valence-corrected chi connectivity index (χ0v) is 17.5. The lowest BCUT2D eigenvalue weighted by Crippen LogP contribution is -2.28. The lowest BCUT2D eigenvalue weighted by molar-refractivity contribution is 0.0599. The maximum absolute atomic E-state index is 12.9. The van der Waals surface area contributed by atoms with Crippen molar-refractivity contribution >= 4 is 27.6 Å². The molecule has 1 fully saturated rings. The molecule has 0 bridgehead atoms. The Hall–Kier alpha value is -2.71. The van der Waals surface area contributed by atoms with Gasteiger partial charge in [-0.25, -0.2) is 13.2 Å². The van der Waals surface area contributed by atoms with E-state index in [1.807, 2.05) is 0 Å². The molecule has 1 saturated heterocycles. The first-order valence-corrected chi connectivity index (χ1v) is 10.8. The van der Waals surface area contributed by atoms with Crippen molar-refractivity contribution in [1.82, 2.24) is 4.31 Å². The summed E-state index contributed by atoms with van der Waals surface area (Å²) in [6.45, 7) is 4.42. The van der Waals surface area contributed by atoms with E-state index in [4.69, 9.17) is 4.74 Å². The molecule has 1 aliphatic heterocycles. The van der Waals surface area contributed by atoms with E-state index in [0.29, 0.717) is 35.5 Å². The second kappa shape index (κ2) is 8.34. The molecule has 0 spiro atoms. The van der Waals surface area contributed by atoms with Gasteiger partial charge in [-0.1, -0.05) is 12.1 Å². The maximum atomic E-state index is 12.9. The van der Waals surface area contributed by atoms with Crippen molar-refractivity contribution in [2.45, 2.75) is 31.6 Å². The summed E-state index contributed by atoms with van der Waals surface area (Å²) in [7, 11) is -2.34. The molecule has 1 amide bonds. The number of anilines is 1. The number of hydrogen-bond donors (Lipinski definition) is 1. The largest absolute Gasteiger partial charge is 0.465 e. The second-order valence-corrected chi connectivity index (χ2v) is 8.92. The molecule has 8 heteroatoms. The third-order valence-corrected chi connectivity index (χ3v) is 7.16. The lowest BCUT2D eigenvalue weighted by atomic mass is 10.1. The Morgan fingerprint density at radius 3 is 2.41 bits per heavy atom. The number of carbonyl (C=O) groups is 2. The number of methoxy groups -OCH3 is 1. The number of sulfonamides is 1. The van der Waals surface area contributed by atoms with Gasteiger partial charge in [0.1, 0.15) is 0 Å². The summed E-state index contributed by atoms with van der Waals surface area (Å²) in [5.41, 5.74) is 2.22. The fourth-order valence-electron chi connectivity index (χ4n) is 3.38. The van der Waals surface area contributed by atoms with Gasteiger partial charge in [0.25, 0.3) is 5.91 Å². The molecule has 1 heterocycles. The van der Waals surface area contributed by atoms with Crippen LogP contribution in [0.2, 0.25) is 0 Å². The van der Waals surface area contributed by atoms with Crippen LogP contribution in [0.3, 0.4) is 0 Å². The predicted molar refractivity (Wildman–Crippen MR) is 110 cm³/mol. The van der Waals surface area contributed by atoms with Gasteiger partial charge in [0, 0.05) is 24.3 Å². The van der Waals surface area contributed by atoms with E-state index in [1.54, 1.807) is 44.2 Å². The first kappa shape index (κ1) is 21.0. The third kappa shape index (κ3) is 4.18. The summed E-state index contributed by atoms with van der Waals surface area (Å²) in [5.74, 6) is -0.944. The van der Waals surface area contributed by atoms with Crippen molar-refractivity contribution in [2.75, 3.05) is 25.5 Å². The van der Waals surface area contributed by atoms with Crippen LogP contribution in [0.15, 0.2) is 41.3 Å². The van der Waals surface area contributed by atoms with Crippen molar-refractivity contribution in [3.8, 4) is 0 Å². The predicted octanol–water partition coefficient (Wildman–Crippen LogP) is 3.13. The first-order chi connectivity index (χ1) is 13.8. The van der Waals surface area contributed by atoms with Crippen LogP contribution in [-0.2, 0) is 14.8 Å². The van der Waals surface area contributed by atoms with E-state index in [9.17, 15) is 18.0 Å². The first-order valence-electron chi connectivity index (χ1n) is 9.36. The summed E-state index contributed by atoms with van der Waals surface area (Å²) in [6.07, 6.45) is 1.68. The number of ether oxygens (including phenoxy) is 1. The summed E-state index contributed by atoms with van der Waals surface area (Å²) >= 11 is 0. The van der Waals surface area contributed by atoms with Crippen LogP contribution in [-0.4, -0.2) is 44.8 Å². The van der Waals surface area contributed by atoms with Crippen LogP contribution in [0.5, 0.6) is 0 Å². The molecule has 7 nitrogen and oxygen atoms in total. The molecule has 0 radical (unpaired) electrons. The third-order valence-electron chi connectivity index (χ3n) is 5.12. The Morgan fingerprint density at radius 2 is 1.76 bits per heavy atom. The SMILES string of the molecule is COC(=O)c1cccc(NC(=O)c2ccc(C)c(S(=O)(=O)N3CCCC3)c2)c1C. The molecule has 2 aromatic rings. The minimum absolute atomic E-state index is 0.145. The highest BCUT2D eigenvalue weighted by Crippen LogP contribution is 2.26. The minimum Gasteiger partial charge on any atom is -0.465 e. The summed E-state index contributed by atoms with van der Waals surface area (Å²) < 4.78 is 32.1. The van der Waals surface area contributed by atoms with E-state index < -0.39 is 21.9 Å². The maximum Gasteiger partial charge on any atom is 0.338 e. The monoisotopic (exact) mass is 416 g/mol. The summed E-state index contributed by atoms with van der Waals surface area (Å²) in [4.78, 5) is 24.8. The highest BCUT2D eigenvalue weighted by atomic mass is 32.2. The highest BCUT2D eigenvalue weighted by Gasteiger charge is 2.29. The van der Waals surface area contributed by atoms with Gasteiger partial charge < -0.3 is 10.1 Å². The average molecular weight is 416 g/mol. The van der Waals surface area contributed by atoms with E-state index >= 15 is 0 Å². The van der Waals surface area contributed by atoms with E-state index in [-0.39, 0.29) is 10.5 Å². The van der Waals surface area contributed by atoms with Crippen LogP contribution < -0.4 is 5.32 Å². The van der Waals surface area contributed by atoms with Gasteiger partial charge in [-0.05, 0) is 62.1 Å². The minimum atomic E-state index is -3.64. The number of amides is 1. The van der Waals surface area contributed by atoms with Crippen molar-refractivity contribution in [2.24, 2.45) is 0 Å². The van der Waals surface area contributed by atoms with Crippen molar-refractivity contribution in [3.05, 3.63) is 58.7 Å². The second-order valence-electron chi connectivity index (χ2n) is 7.02. The Morgan fingerprint density at radius 1 is 1.07 bits per heavy atom. The smallest absolute Gasteiger partial charge is 0.338 e. The zero-order chi connectivity index (χ0) is 21.2. The van der Waals surface area contributed by atoms with Crippen LogP contribution >= 0.6 is 0 Å². The number of nitrogens with zero attached hydrogens (tertiary/aromatic N) is 1. The van der Waals surface area contributed by atoms with Gasteiger partial charge in [0.2, 0.25) is 10.0 Å². The zero-order valence-electron chi connectivity index (χ0n) is 16.7. The van der Waals surface area contributed by atoms with E-state index in [1.165, 1.54) is 17.5 Å². The number of esters is 1. The number of nitrogens with one attached hydrogen (secondary N) is 1. The van der Waals surface area contributed by atoms with Crippen LogP contribution in [0.1, 0.15) is 44.7 Å². The van der Waals surface area contributed by atoms with Crippen LogP contribution in [0, 0.1) is 13.8 Å². The quantitative estimate of drug-likeness (QED) is 0.756. The van der Waals surface area contributed by atoms with Gasteiger partial charge >= 0.3 is 5.97 Å². The van der Waals surface area contributed by atoms with Crippen LogP contribution in [0.25, 0.3) is 0 Å². The van der Waals surface area contributed by atoms with Crippen molar-refractivity contribution in [3.63, 3.8) is 0 Å². The van der Waals surface area contributed by atoms with E-state index in [0.717, 1.165) is 12.8 Å². The number of benzene rings is 2. The molecule has 0 aliphatic carbocycles. The summed E-state index contributed by atoms with van der Waals surface area (Å²) in [6, 6.07) is 9.58. The number of carbonyl (C=O) groups excluding carboxylic acids is 2. The molecule has 2 aromatic carbocycles. The van der Waals surface area contributed by atoms with Crippen LogP contribution in [0.4, 0.5) is 5.69 Å². The molecule has 0 unspecified atom stereocenters. The molecule has 0 saturated carbocycles. The average Bonchev–Trinajstić information content (AvgIpc) is 3.25. The normalized spacial score (nSPS) is 14.6. The molecular formula is C21H24N2O5S. The topological polar surface area (TPSA) is 92.8 Å². The molecule has 0 aromatic heterocycles. The Labute approximate surface area is 170 Å². The molecule has 3 rings (SSSR count). The molecule has 29 heavy (non-hydrogen) atoms. The van der Waals surface area contributed by atoms with Gasteiger partial charge in [-0.3, -0.25) is 4.79 Å². The molecule has 0 atom stereocenters. The van der Waals surface area contributed by atoms with Gasteiger partial charge in [-0.2, -0.15) is 4.31 Å². The number of rotatable bonds is 5.